The van der Waals surface area contributed by atoms with Gasteiger partial charge in [0.05, 0.1) is 11.4 Å². The summed E-state index contributed by atoms with van der Waals surface area (Å²) in [5, 5.41) is 4.75. The van der Waals surface area contributed by atoms with E-state index in [9.17, 15) is 0 Å². The highest BCUT2D eigenvalue weighted by molar-refractivity contribution is 5.89. The minimum Gasteiger partial charge on any atom is -0.234 e. The van der Waals surface area contributed by atoms with Crippen molar-refractivity contribution in [3.8, 4) is 34.2 Å². The molecule has 6 aromatic rings. The molecular weight excluding hydrogens is 392 g/mol. The lowest BCUT2D eigenvalue weighted by atomic mass is 10.0. The highest BCUT2D eigenvalue weighted by atomic mass is 15.0. The fourth-order valence-corrected chi connectivity index (χ4v) is 3.95. The molecule has 0 spiro atoms. The van der Waals surface area contributed by atoms with Crippen LogP contribution in [0, 0.1) is 0 Å². The van der Waals surface area contributed by atoms with Gasteiger partial charge in [-0.25, -0.2) is 19.9 Å². The van der Waals surface area contributed by atoms with Gasteiger partial charge in [-0.3, -0.25) is 0 Å². The van der Waals surface area contributed by atoms with Crippen molar-refractivity contribution in [3.63, 3.8) is 0 Å². The first-order valence-corrected chi connectivity index (χ1v) is 10.5. The first kappa shape index (κ1) is 18.3. The Balaban J connectivity index is 1.56. The molecule has 0 amide bonds. The summed E-state index contributed by atoms with van der Waals surface area (Å²) in [6.45, 7) is 0. The minimum absolute atomic E-state index is 0.511. The Morgan fingerprint density at radius 2 is 0.906 bits per heavy atom. The average Bonchev–Trinajstić information content (AvgIpc) is 2.88. The minimum atomic E-state index is 0.511. The Morgan fingerprint density at radius 3 is 1.44 bits per heavy atom. The Labute approximate surface area is 185 Å². The largest absolute Gasteiger partial charge is 0.234 e. The summed E-state index contributed by atoms with van der Waals surface area (Å²) in [4.78, 5) is 18.4. The molecule has 4 heteroatoms. The number of nitrogens with zero attached hydrogens (tertiary/aromatic N) is 4. The fourth-order valence-electron chi connectivity index (χ4n) is 3.95. The van der Waals surface area contributed by atoms with Gasteiger partial charge in [-0.05, 0) is 45.8 Å². The van der Waals surface area contributed by atoms with Crippen molar-refractivity contribution in [2.75, 3.05) is 0 Å². The van der Waals surface area contributed by atoms with Crippen LogP contribution < -0.4 is 0 Å². The van der Waals surface area contributed by atoms with Crippen LogP contribution in [0.25, 0.3) is 55.7 Å². The van der Waals surface area contributed by atoms with Crippen molar-refractivity contribution < 1.29 is 0 Å². The molecule has 4 nitrogen and oxygen atoms in total. The SMILES string of the molecule is c1cnc(-c2nc(-c3ccc4ccccc4c3)cc(-c3ccc4ccccc4c3)n2)nc1. The van der Waals surface area contributed by atoms with Gasteiger partial charge >= 0.3 is 0 Å². The number of rotatable bonds is 3. The van der Waals surface area contributed by atoms with Gasteiger partial charge in [0.15, 0.2) is 11.6 Å². The predicted octanol–water partition coefficient (Wildman–Crippen LogP) is 6.57. The first-order valence-electron chi connectivity index (χ1n) is 10.5. The van der Waals surface area contributed by atoms with E-state index in [2.05, 4.69) is 94.9 Å². The molecule has 0 fully saturated rings. The third-order valence-electron chi connectivity index (χ3n) is 5.58. The highest BCUT2D eigenvalue weighted by Crippen LogP contribution is 2.30. The molecule has 0 atom stereocenters. The van der Waals surface area contributed by atoms with Gasteiger partial charge in [0.1, 0.15) is 0 Å². The quantitative estimate of drug-likeness (QED) is 0.331. The van der Waals surface area contributed by atoms with Gasteiger partial charge < -0.3 is 0 Å². The van der Waals surface area contributed by atoms with Crippen molar-refractivity contribution in [1.29, 1.82) is 0 Å². The van der Waals surface area contributed by atoms with E-state index in [-0.39, 0.29) is 0 Å². The number of fused-ring (bicyclic) bond motifs is 2. The van der Waals surface area contributed by atoms with Crippen LogP contribution in [0.4, 0.5) is 0 Å². The molecule has 0 saturated heterocycles. The second-order valence-electron chi connectivity index (χ2n) is 7.66. The lowest BCUT2D eigenvalue weighted by molar-refractivity contribution is 1.08. The molecule has 6 rings (SSSR count). The molecular formula is C28H18N4. The summed E-state index contributed by atoms with van der Waals surface area (Å²) in [6.07, 6.45) is 3.42. The number of hydrogen-bond donors (Lipinski definition) is 0. The summed E-state index contributed by atoms with van der Waals surface area (Å²) in [7, 11) is 0. The lowest BCUT2D eigenvalue weighted by Crippen LogP contribution is -1.98. The molecule has 32 heavy (non-hydrogen) atoms. The molecule has 2 aromatic heterocycles. The Bertz CT molecular complexity index is 1480. The van der Waals surface area contributed by atoms with Crippen LogP contribution in [0.5, 0.6) is 0 Å². The van der Waals surface area contributed by atoms with E-state index < -0.39 is 0 Å². The topological polar surface area (TPSA) is 51.6 Å². The smallest absolute Gasteiger partial charge is 0.198 e. The number of aromatic nitrogens is 4. The van der Waals surface area contributed by atoms with Crippen LogP contribution in [-0.2, 0) is 0 Å². The lowest BCUT2D eigenvalue weighted by Gasteiger charge is -2.10. The zero-order valence-electron chi connectivity index (χ0n) is 17.2. The van der Waals surface area contributed by atoms with E-state index in [1.165, 1.54) is 21.5 Å². The monoisotopic (exact) mass is 410 g/mol. The zero-order valence-corrected chi connectivity index (χ0v) is 17.2. The number of hydrogen-bond acceptors (Lipinski definition) is 4. The normalized spacial score (nSPS) is 11.1. The summed E-state index contributed by atoms with van der Waals surface area (Å²) in [5.41, 5.74) is 3.75. The van der Waals surface area contributed by atoms with Crippen LogP contribution in [-0.4, -0.2) is 19.9 Å². The molecule has 0 aliphatic rings. The fraction of sp³-hybridized carbons (Fsp3) is 0. The molecule has 0 unspecified atom stereocenters. The second kappa shape index (κ2) is 7.67. The van der Waals surface area contributed by atoms with Gasteiger partial charge in [0, 0.05) is 23.5 Å². The highest BCUT2D eigenvalue weighted by Gasteiger charge is 2.13. The van der Waals surface area contributed by atoms with Gasteiger partial charge in [-0.2, -0.15) is 0 Å². The third-order valence-corrected chi connectivity index (χ3v) is 5.58. The van der Waals surface area contributed by atoms with E-state index in [1.807, 2.05) is 6.07 Å². The summed E-state index contributed by atoms with van der Waals surface area (Å²) in [6, 6.07) is 33.3. The molecule has 0 saturated carbocycles. The third kappa shape index (κ3) is 3.38. The summed E-state index contributed by atoms with van der Waals surface area (Å²) >= 11 is 0. The second-order valence-corrected chi connectivity index (χ2v) is 7.66. The van der Waals surface area contributed by atoms with Crippen molar-refractivity contribution in [2.24, 2.45) is 0 Å². The molecule has 4 aromatic carbocycles. The van der Waals surface area contributed by atoms with Gasteiger partial charge in [-0.15, -0.1) is 0 Å². The number of benzene rings is 4. The van der Waals surface area contributed by atoms with Crippen LogP contribution >= 0.6 is 0 Å². The van der Waals surface area contributed by atoms with Crippen LogP contribution in [0.1, 0.15) is 0 Å². The standard InChI is InChI=1S/C28H18N4/c1-3-8-21-16-23(12-10-19(21)6-1)25-18-26(32-28(31-25)27-29-14-5-15-30-27)24-13-11-20-7-2-4-9-22(20)17-24/h1-18H. The van der Waals surface area contributed by atoms with Crippen molar-refractivity contribution in [1.82, 2.24) is 19.9 Å². The molecule has 0 bridgehead atoms. The van der Waals surface area contributed by atoms with E-state index in [1.54, 1.807) is 18.5 Å². The maximum atomic E-state index is 4.83. The maximum Gasteiger partial charge on any atom is 0.198 e. The summed E-state index contributed by atoms with van der Waals surface area (Å²) < 4.78 is 0. The van der Waals surface area contributed by atoms with Crippen LogP contribution in [0.2, 0.25) is 0 Å². The Kier molecular flexibility index (Phi) is 4.40. The predicted molar refractivity (Wildman–Crippen MR) is 129 cm³/mol. The van der Waals surface area contributed by atoms with Crippen molar-refractivity contribution in [2.45, 2.75) is 0 Å². The van der Waals surface area contributed by atoms with Crippen LogP contribution in [0.15, 0.2) is 109 Å². The zero-order chi connectivity index (χ0) is 21.3. The molecule has 150 valence electrons. The Hall–Kier alpha value is -4.44. The van der Waals surface area contributed by atoms with Crippen LogP contribution in [0.3, 0.4) is 0 Å². The van der Waals surface area contributed by atoms with Gasteiger partial charge in [-0.1, -0.05) is 72.8 Å². The van der Waals surface area contributed by atoms with E-state index in [4.69, 9.17) is 9.97 Å². The maximum absolute atomic E-state index is 4.83. The van der Waals surface area contributed by atoms with Crippen molar-refractivity contribution in [3.05, 3.63) is 109 Å². The molecule has 0 aliphatic heterocycles. The van der Waals surface area contributed by atoms with Crippen molar-refractivity contribution >= 4 is 21.5 Å². The Morgan fingerprint density at radius 1 is 0.406 bits per heavy atom. The van der Waals surface area contributed by atoms with Gasteiger partial charge in [0.2, 0.25) is 0 Å². The molecule has 2 heterocycles. The molecule has 0 aliphatic carbocycles. The van der Waals surface area contributed by atoms with E-state index in [0.29, 0.717) is 11.6 Å². The van der Waals surface area contributed by atoms with Gasteiger partial charge in [0.25, 0.3) is 0 Å². The van der Waals surface area contributed by atoms with E-state index >= 15 is 0 Å². The van der Waals surface area contributed by atoms with E-state index in [0.717, 1.165) is 22.5 Å². The average molecular weight is 410 g/mol. The summed E-state index contributed by atoms with van der Waals surface area (Å²) in [5.74, 6) is 1.02. The molecule has 0 radical (unpaired) electrons. The first-order chi connectivity index (χ1) is 15.8. The molecule has 0 N–H and O–H groups in total.